The SMILES string of the molecule is CCC(=CCSc1cc2ccccc2[nH]1)C(=O)O. The van der Waals surface area contributed by atoms with Crippen LogP contribution < -0.4 is 0 Å². The van der Waals surface area contributed by atoms with Gasteiger partial charge in [0.15, 0.2) is 0 Å². The fourth-order valence-corrected chi connectivity index (χ4v) is 2.60. The van der Waals surface area contributed by atoms with Gasteiger partial charge < -0.3 is 10.1 Å². The lowest BCUT2D eigenvalue weighted by Crippen LogP contribution is -1.99. The minimum atomic E-state index is -0.824. The van der Waals surface area contributed by atoms with Crippen molar-refractivity contribution in [2.75, 3.05) is 5.75 Å². The second-order valence-corrected chi connectivity index (χ2v) is 4.98. The monoisotopic (exact) mass is 261 g/mol. The third-order valence-corrected chi connectivity index (χ3v) is 3.59. The Hall–Kier alpha value is -1.68. The van der Waals surface area contributed by atoms with Crippen molar-refractivity contribution in [3.63, 3.8) is 0 Å². The van der Waals surface area contributed by atoms with Crippen LogP contribution in [0.5, 0.6) is 0 Å². The summed E-state index contributed by atoms with van der Waals surface area (Å²) in [5.74, 6) is -0.155. The minimum absolute atomic E-state index is 0.471. The normalized spacial score (nSPS) is 11.9. The lowest BCUT2D eigenvalue weighted by molar-refractivity contribution is -0.132. The van der Waals surface area contributed by atoms with E-state index in [4.69, 9.17) is 5.11 Å². The summed E-state index contributed by atoms with van der Waals surface area (Å²) in [6, 6.07) is 10.2. The van der Waals surface area contributed by atoms with Crippen LogP contribution in [-0.4, -0.2) is 21.8 Å². The molecule has 0 aliphatic heterocycles. The van der Waals surface area contributed by atoms with Gasteiger partial charge in [0.25, 0.3) is 0 Å². The van der Waals surface area contributed by atoms with Gasteiger partial charge in [-0.05, 0) is 18.6 Å². The molecule has 2 aromatic rings. The zero-order valence-electron chi connectivity index (χ0n) is 10.1. The van der Waals surface area contributed by atoms with Crippen molar-refractivity contribution in [2.24, 2.45) is 0 Å². The lowest BCUT2D eigenvalue weighted by atomic mass is 10.2. The molecular weight excluding hydrogens is 246 g/mol. The number of hydrogen-bond donors (Lipinski definition) is 2. The molecule has 0 saturated carbocycles. The van der Waals surface area contributed by atoms with Crippen molar-refractivity contribution < 1.29 is 9.90 Å². The van der Waals surface area contributed by atoms with Crippen molar-refractivity contribution in [1.82, 2.24) is 4.98 Å². The zero-order valence-corrected chi connectivity index (χ0v) is 11.0. The first-order chi connectivity index (χ1) is 8.70. The van der Waals surface area contributed by atoms with Gasteiger partial charge in [0, 0.05) is 22.2 Å². The van der Waals surface area contributed by atoms with Crippen molar-refractivity contribution in [3.05, 3.63) is 42.0 Å². The number of thioether (sulfide) groups is 1. The van der Waals surface area contributed by atoms with Gasteiger partial charge in [0.2, 0.25) is 0 Å². The van der Waals surface area contributed by atoms with E-state index in [1.807, 2.05) is 25.1 Å². The van der Waals surface area contributed by atoms with E-state index in [9.17, 15) is 4.79 Å². The Morgan fingerprint density at radius 3 is 2.89 bits per heavy atom. The van der Waals surface area contributed by atoms with Crippen molar-refractivity contribution in [2.45, 2.75) is 18.4 Å². The van der Waals surface area contributed by atoms with Crippen molar-refractivity contribution in [1.29, 1.82) is 0 Å². The van der Waals surface area contributed by atoms with Crippen LogP contribution >= 0.6 is 11.8 Å². The predicted octanol–water partition coefficient (Wildman–Crippen LogP) is 3.68. The highest BCUT2D eigenvalue weighted by atomic mass is 32.2. The smallest absolute Gasteiger partial charge is 0.331 e. The molecule has 0 atom stereocenters. The highest BCUT2D eigenvalue weighted by Gasteiger charge is 2.04. The van der Waals surface area contributed by atoms with Crippen molar-refractivity contribution in [3.8, 4) is 0 Å². The number of hydrogen-bond acceptors (Lipinski definition) is 2. The van der Waals surface area contributed by atoms with Crippen molar-refractivity contribution >= 4 is 28.6 Å². The Balaban J connectivity index is 2.04. The van der Waals surface area contributed by atoms with Gasteiger partial charge in [-0.2, -0.15) is 0 Å². The Morgan fingerprint density at radius 1 is 1.44 bits per heavy atom. The van der Waals surface area contributed by atoms with E-state index in [0.717, 1.165) is 10.5 Å². The fraction of sp³-hybridized carbons (Fsp3) is 0.214. The van der Waals surface area contributed by atoms with Gasteiger partial charge in [0.1, 0.15) is 0 Å². The van der Waals surface area contributed by atoms with Gasteiger partial charge >= 0.3 is 5.97 Å². The van der Waals surface area contributed by atoms with Crippen LogP contribution in [0.25, 0.3) is 10.9 Å². The molecule has 0 aliphatic carbocycles. The maximum Gasteiger partial charge on any atom is 0.331 e. The summed E-state index contributed by atoms with van der Waals surface area (Å²) in [6.07, 6.45) is 2.33. The number of rotatable bonds is 5. The van der Waals surface area contributed by atoms with Crippen LogP contribution in [0.3, 0.4) is 0 Å². The molecule has 1 aromatic heterocycles. The fourth-order valence-electron chi connectivity index (χ4n) is 1.74. The van der Waals surface area contributed by atoms with Crippen LogP contribution in [0.15, 0.2) is 47.0 Å². The van der Waals surface area contributed by atoms with Gasteiger partial charge in [0.05, 0.1) is 5.03 Å². The molecule has 0 fully saturated rings. The predicted molar refractivity (Wildman–Crippen MR) is 75.0 cm³/mol. The van der Waals surface area contributed by atoms with Crippen LogP contribution in [0, 0.1) is 0 Å². The summed E-state index contributed by atoms with van der Waals surface area (Å²) in [6.45, 7) is 1.85. The first-order valence-corrected chi connectivity index (χ1v) is 6.82. The molecule has 4 heteroatoms. The maximum absolute atomic E-state index is 10.8. The standard InChI is InChI=1S/C14H15NO2S/c1-2-10(14(16)17)7-8-18-13-9-11-5-3-4-6-12(11)15-13/h3-7,9,15H,2,8H2,1H3,(H,16,17). The van der Waals surface area contributed by atoms with E-state index in [-0.39, 0.29) is 0 Å². The van der Waals surface area contributed by atoms with Crippen LogP contribution in [0.4, 0.5) is 0 Å². The molecule has 1 heterocycles. The molecule has 94 valence electrons. The summed E-state index contributed by atoms with van der Waals surface area (Å²) in [7, 11) is 0. The van der Waals surface area contributed by atoms with E-state index in [0.29, 0.717) is 17.7 Å². The maximum atomic E-state index is 10.8. The van der Waals surface area contributed by atoms with Gasteiger partial charge in [-0.3, -0.25) is 0 Å². The molecule has 0 radical (unpaired) electrons. The number of nitrogens with one attached hydrogen (secondary N) is 1. The first kappa shape index (κ1) is 12.8. The molecule has 2 rings (SSSR count). The number of para-hydroxylation sites is 1. The van der Waals surface area contributed by atoms with E-state index in [1.165, 1.54) is 5.39 Å². The number of carboxylic acids is 1. The Morgan fingerprint density at radius 2 is 2.22 bits per heavy atom. The molecule has 1 aromatic carbocycles. The average molecular weight is 261 g/mol. The highest BCUT2D eigenvalue weighted by molar-refractivity contribution is 7.99. The van der Waals surface area contributed by atoms with Crippen LogP contribution in [0.1, 0.15) is 13.3 Å². The Bertz CT molecular complexity index is 553. The first-order valence-electron chi connectivity index (χ1n) is 5.83. The highest BCUT2D eigenvalue weighted by Crippen LogP contribution is 2.23. The van der Waals surface area contributed by atoms with Crippen LogP contribution in [-0.2, 0) is 4.79 Å². The number of aromatic nitrogens is 1. The number of benzene rings is 1. The molecule has 3 nitrogen and oxygen atoms in total. The number of carbonyl (C=O) groups is 1. The van der Waals surface area contributed by atoms with Crippen LogP contribution in [0.2, 0.25) is 0 Å². The summed E-state index contributed by atoms with van der Waals surface area (Å²) >= 11 is 1.61. The number of H-pyrrole nitrogens is 1. The molecule has 2 N–H and O–H groups in total. The largest absolute Gasteiger partial charge is 0.478 e. The summed E-state index contributed by atoms with van der Waals surface area (Å²) < 4.78 is 0. The van der Waals surface area contributed by atoms with E-state index < -0.39 is 5.97 Å². The summed E-state index contributed by atoms with van der Waals surface area (Å²) in [4.78, 5) is 14.1. The summed E-state index contributed by atoms with van der Waals surface area (Å²) in [5.41, 5.74) is 1.58. The zero-order chi connectivity index (χ0) is 13.0. The number of carboxylic acid groups (broad SMARTS) is 1. The second kappa shape index (κ2) is 5.78. The minimum Gasteiger partial charge on any atom is -0.478 e. The Kier molecular flexibility index (Phi) is 4.10. The quantitative estimate of drug-likeness (QED) is 0.637. The second-order valence-electron chi connectivity index (χ2n) is 3.92. The topological polar surface area (TPSA) is 53.1 Å². The average Bonchev–Trinajstić information content (AvgIpc) is 2.76. The lowest BCUT2D eigenvalue weighted by Gasteiger charge is -1.97. The number of aliphatic carboxylic acids is 1. The molecular formula is C14H15NO2S. The Labute approximate surface area is 110 Å². The van der Waals surface area contributed by atoms with E-state index in [2.05, 4.69) is 17.1 Å². The molecule has 18 heavy (non-hydrogen) atoms. The molecule has 0 spiro atoms. The molecule has 0 aliphatic rings. The number of aromatic amines is 1. The molecule has 0 unspecified atom stereocenters. The van der Waals surface area contributed by atoms with E-state index >= 15 is 0 Å². The third kappa shape index (κ3) is 2.96. The number of fused-ring (bicyclic) bond motifs is 1. The van der Waals surface area contributed by atoms with Gasteiger partial charge in [-0.15, -0.1) is 11.8 Å². The molecule has 0 bridgehead atoms. The molecule has 0 saturated heterocycles. The van der Waals surface area contributed by atoms with Gasteiger partial charge in [-0.1, -0.05) is 31.2 Å². The molecule has 0 amide bonds. The third-order valence-electron chi connectivity index (χ3n) is 2.73. The van der Waals surface area contributed by atoms with Gasteiger partial charge in [-0.25, -0.2) is 4.79 Å². The summed E-state index contributed by atoms with van der Waals surface area (Å²) in [5, 5.41) is 11.1. The van der Waals surface area contributed by atoms with E-state index in [1.54, 1.807) is 17.8 Å².